The van der Waals surface area contributed by atoms with Crippen LogP contribution in [0.1, 0.15) is 15.9 Å². The van der Waals surface area contributed by atoms with Crippen LogP contribution >= 0.6 is 15.9 Å². The number of ether oxygens (including phenoxy) is 1. The van der Waals surface area contributed by atoms with Crippen LogP contribution in [0.15, 0.2) is 53.4 Å². The minimum absolute atomic E-state index is 0.0346. The summed E-state index contributed by atoms with van der Waals surface area (Å²) in [5, 5.41) is 0.570. The van der Waals surface area contributed by atoms with Gasteiger partial charge in [-0.05, 0) is 24.3 Å². The molecule has 2 aromatic carbocycles. The maximum atomic E-state index is 12.1. The van der Waals surface area contributed by atoms with Crippen molar-refractivity contribution in [1.29, 1.82) is 0 Å². The van der Waals surface area contributed by atoms with Crippen LogP contribution in [0.3, 0.4) is 0 Å². The number of sulfonamides is 1. The van der Waals surface area contributed by atoms with E-state index in [2.05, 4.69) is 15.9 Å². The van der Waals surface area contributed by atoms with Crippen molar-refractivity contribution in [3.05, 3.63) is 59.7 Å². The molecular formula is C15H14BrNO4S. The number of hydrogen-bond acceptors (Lipinski definition) is 4. The van der Waals surface area contributed by atoms with Gasteiger partial charge in [0.1, 0.15) is 5.75 Å². The summed E-state index contributed by atoms with van der Waals surface area (Å²) in [5.41, 5.74) is 1.08. The Morgan fingerprint density at radius 3 is 2.45 bits per heavy atom. The maximum absolute atomic E-state index is 12.1. The first-order chi connectivity index (χ1) is 10.5. The van der Waals surface area contributed by atoms with Gasteiger partial charge >= 0.3 is 0 Å². The quantitative estimate of drug-likeness (QED) is 0.805. The Balaban J connectivity index is 2.26. The molecule has 1 amide bonds. The third kappa shape index (κ3) is 3.66. The van der Waals surface area contributed by atoms with Gasteiger partial charge in [0, 0.05) is 16.5 Å². The summed E-state index contributed by atoms with van der Waals surface area (Å²) in [6, 6.07) is 12.5. The topological polar surface area (TPSA) is 72.5 Å². The number of hydrogen-bond donors (Lipinski definition) is 1. The number of methoxy groups -OCH3 is 1. The summed E-state index contributed by atoms with van der Waals surface area (Å²) < 4.78 is 31.5. The summed E-state index contributed by atoms with van der Waals surface area (Å²) in [5.74, 6) is -0.190. The Hall–Kier alpha value is -1.86. The van der Waals surface area contributed by atoms with E-state index in [4.69, 9.17) is 4.74 Å². The zero-order valence-electron chi connectivity index (χ0n) is 11.7. The van der Waals surface area contributed by atoms with Crippen molar-refractivity contribution < 1.29 is 17.9 Å². The fraction of sp³-hybridized carbons (Fsp3) is 0.133. The van der Waals surface area contributed by atoms with Crippen molar-refractivity contribution >= 4 is 31.9 Å². The Bertz CT molecular complexity index is 775. The van der Waals surface area contributed by atoms with Gasteiger partial charge < -0.3 is 4.74 Å². The first-order valence-corrected chi connectivity index (χ1v) is 8.93. The van der Waals surface area contributed by atoms with Crippen LogP contribution in [0.25, 0.3) is 0 Å². The van der Waals surface area contributed by atoms with Crippen LogP contribution in [0.4, 0.5) is 0 Å². The van der Waals surface area contributed by atoms with Gasteiger partial charge in [-0.15, -0.1) is 0 Å². The van der Waals surface area contributed by atoms with E-state index in [9.17, 15) is 13.2 Å². The highest BCUT2D eigenvalue weighted by molar-refractivity contribution is 9.08. The molecule has 5 nitrogen and oxygen atoms in total. The Kier molecular flexibility index (Phi) is 5.20. The molecule has 0 aliphatic heterocycles. The van der Waals surface area contributed by atoms with Crippen molar-refractivity contribution in [2.45, 2.75) is 10.2 Å². The summed E-state index contributed by atoms with van der Waals surface area (Å²) in [6.45, 7) is 0. The molecule has 0 saturated carbocycles. The molecule has 1 N–H and O–H groups in total. The molecule has 0 aromatic heterocycles. The highest BCUT2D eigenvalue weighted by Gasteiger charge is 2.19. The normalized spacial score (nSPS) is 11.0. The maximum Gasteiger partial charge on any atom is 0.265 e. The van der Waals surface area contributed by atoms with Gasteiger partial charge in [-0.2, -0.15) is 0 Å². The van der Waals surface area contributed by atoms with E-state index in [1.54, 1.807) is 30.3 Å². The smallest absolute Gasteiger partial charge is 0.265 e. The van der Waals surface area contributed by atoms with Crippen LogP contribution in [0, 0.1) is 0 Å². The van der Waals surface area contributed by atoms with Crippen molar-refractivity contribution in [2.24, 2.45) is 0 Å². The van der Waals surface area contributed by atoms with Gasteiger partial charge in [-0.1, -0.05) is 40.2 Å². The lowest BCUT2D eigenvalue weighted by Gasteiger charge is -2.10. The molecule has 0 heterocycles. The van der Waals surface area contributed by atoms with Crippen LogP contribution in [-0.4, -0.2) is 21.4 Å². The van der Waals surface area contributed by atoms with Crippen LogP contribution in [0.2, 0.25) is 0 Å². The Morgan fingerprint density at radius 2 is 1.86 bits per heavy atom. The van der Waals surface area contributed by atoms with E-state index in [1.165, 1.54) is 25.3 Å². The molecule has 22 heavy (non-hydrogen) atoms. The summed E-state index contributed by atoms with van der Waals surface area (Å²) in [6.07, 6.45) is 0. The van der Waals surface area contributed by atoms with E-state index in [-0.39, 0.29) is 10.5 Å². The minimum atomic E-state index is -3.89. The molecule has 7 heteroatoms. The molecule has 0 saturated heterocycles. The zero-order valence-corrected chi connectivity index (χ0v) is 14.1. The monoisotopic (exact) mass is 383 g/mol. The number of nitrogens with one attached hydrogen (secondary N) is 1. The van der Waals surface area contributed by atoms with Crippen LogP contribution in [0.5, 0.6) is 5.75 Å². The van der Waals surface area contributed by atoms with E-state index in [0.29, 0.717) is 11.1 Å². The second-order valence-electron chi connectivity index (χ2n) is 4.41. The molecule has 0 aliphatic carbocycles. The average molecular weight is 384 g/mol. The number of benzene rings is 2. The molecule has 0 aliphatic rings. The second kappa shape index (κ2) is 6.93. The molecule has 0 radical (unpaired) electrons. The van der Waals surface area contributed by atoms with Crippen molar-refractivity contribution in [2.75, 3.05) is 7.11 Å². The molecule has 116 valence electrons. The molecule has 2 aromatic rings. The van der Waals surface area contributed by atoms with Gasteiger partial charge in [0.05, 0.1) is 12.0 Å². The van der Waals surface area contributed by atoms with Crippen LogP contribution in [-0.2, 0) is 15.4 Å². The van der Waals surface area contributed by atoms with Crippen molar-refractivity contribution in [1.82, 2.24) is 4.72 Å². The largest absolute Gasteiger partial charge is 0.496 e. The third-order valence-corrected chi connectivity index (χ3v) is 4.92. The summed E-state index contributed by atoms with van der Waals surface area (Å²) in [4.78, 5) is 12.2. The molecular weight excluding hydrogens is 370 g/mol. The van der Waals surface area contributed by atoms with Crippen molar-refractivity contribution in [3.8, 4) is 5.75 Å². The van der Waals surface area contributed by atoms with E-state index in [0.717, 1.165) is 5.56 Å². The Morgan fingerprint density at radius 1 is 1.18 bits per heavy atom. The SMILES string of the molecule is COc1cc(C(=O)NS(=O)(=O)c2ccccc2)ccc1CBr. The minimum Gasteiger partial charge on any atom is -0.496 e. The summed E-state index contributed by atoms with van der Waals surface area (Å²) >= 11 is 3.31. The van der Waals surface area contributed by atoms with Gasteiger partial charge in [0.25, 0.3) is 15.9 Å². The highest BCUT2D eigenvalue weighted by atomic mass is 79.9. The summed E-state index contributed by atoms with van der Waals surface area (Å²) in [7, 11) is -2.40. The van der Waals surface area contributed by atoms with Gasteiger partial charge in [0.2, 0.25) is 0 Å². The number of carbonyl (C=O) groups is 1. The zero-order chi connectivity index (χ0) is 16.2. The van der Waals surface area contributed by atoms with Gasteiger partial charge in [-0.25, -0.2) is 13.1 Å². The van der Waals surface area contributed by atoms with E-state index < -0.39 is 15.9 Å². The molecule has 0 fully saturated rings. The fourth-order valence-corrected chi connectivity index (χ4v) is 3.29. The van der Waals surface area contributed by atoms with E-state index in [1.807, 2.05) is 4.72 Å². The number of rotatable bonds is 5. The number of alkyl halides is 1. The molecule has 2 rings (SSSR count). The highest BCUT2D eigenvalue weighted by Crippen LogP contribution is 2.22. The molecule has 0 bridgehead atoms. The lowest BCUT2D eigenvalue weighted by molar-refractivity contribution is 0.0981. The second-order valence-corrected chi connectivity index (χ2v) is 6.65. The number of halogens is 1. The van der Waals surface area contributed by atoms with Gasteiger partial charge in [0.15, 0.2) is 0 Å². The first kappa shape index (κ1) is 16.5. The predicted molar refractivity (Wildman–Crippen MR) is 86.7 cm³/mol. The fourth-order valence-electron chi connectivity index (χ4n) is 1.84. The first-order valence-electron chi connectivity index (χ1n) is 6.33. The average Bonchev–Trinajstić information content (AvgIpc) is 2.54. The van der Waals surface area contributed by atoms with Crippen LogP contribution < -0.4 is 9.46 Å². The number of carbonyl (C=O) groups excluding carboxylic acids is 1. The number of amides is 1. The molecule has 0 unspecified atom stereocenters. The lowest BCUT2D eigenvalue weighted by Crippen LogP contribution is -2.30. The van der Waals surface area contributed by atoms with E-state index >= 15 is 0 Å². The standard InChI is InChI=1S/C15H14BrNO4S/c1-21-14-9-11(7-8-12(14)10-16)15(18)17-22(19,20)13-5-3-2-4-6-13/h2-9H,10H2,1H3,(H,17,18). The Labute approximate surface area is 137 Å². The third-order valence-electron chi connectivity index (χ3n) is 2.97. The van der Waals surface area contributed by atoms with Crippen molar-refractivity contribution in [3.63, 3.8) is 0 Å². The van der Waals surface area contributed by atoms with Gasteiger partial charge in [-0.3, -0.25) is 4.79 Å². The molecule has 0 atom stereocenters. The molecule has 0 spiro atoms. The lowest BCUT2D eigenvalue weighted by atomic mass is 10.1. The predicted octanol–water partition coefficient (Wildman–Crippen LogP) is 2.71.